The Balaban J connectivity index is 3.38. The van der Waals surface area contributed by atoms with E-state index >= 15 is 0 Å². The van der Waals surface area contributed by atoms with Crippen molar-refractivity contribution in [1.29, 1.82) is 0 Å². The lowest BCUT2D eigenvalue weighted by molar-refractivity contribution is 0.688. The van der Waals surface area contributed by atoms with E-state index in [1.165, 1.54) is 38.3 Å². The highest BCUT2D eigenvalue weighted by Crippen LogP contribution is 2.33. The Hall–Kier alpha value is -1.99. The first-order valence-corrected chi connectivity index (χ1v) is 10.4. The van der Waals surface area contributed by atoms with Crippen LogP contribution in [0.2, 0.25) is 0 Å². The molecule has 1 atom stereocenters. The summed E-state index contributed by atoms with van der Waals surface area (Å²) >= 11 is 1.66. The third-order valence-corrected chi connectivity index (χ3v) is 5.49. The van der Waals surface area contributed by atoms with Gasteiger partial charge in [-0.3, -0.25) is 0 Å². The Kier molecular flexibility index (Phi) is 9.38. The van der Waals surface area contributed by atoms with E-state index in [9.17, 15) is 0 Å². The lowest BCUT2D eigenvalue weighted by Crippen LogP contribution is -2.00. The van der Waals surface area contributed by atoms with Crippen molar-refractivity contribution < 1.29 is 0 Å². The fourth-order valence-corrected chi connectivity index (χ4v) is 3.84. The van der Waals surface area contributed by atoms with Crippen molar-refractivity contribution in [1.82, 2.24) is 0 Å². The lowest BCUT2D eigenvalue weighted by atomic mass is 9.88. The first kappa shape index (κ1) is 23.0. The molecule has 0 heterocycles. The summed E-state index contributed by atoms with van der Waals surface area (Å²) in [4.78, 5) is 1.23. The molecule has 0 nitrogen and oxygen atoms in total. The highest BCUT2D eigenvalue weighted by Gasteiger charge is 2.12. The average Bonchev–Trinajstić information content (AvgIpc) is 2.60. The normalized spacial score (nSPS) is 14.1. The Bertz CT molecular complexity index is 799. The largest absolute Gasteiger partial charge is 0.100 e. The van der Waals surface area contributed by atoms with Gasteiger partial charge in [0.1, 0.15) is 0 Å². The van der Waals surface area contributed by atoms with Gasteiger partial charge in [0.15, 0.2) is 0 Å². The summed E-state index contributed by atoms with van der Waals surface area (Å²) in [6, 6.07) is 6.66. The minimum absolute atomic E-state index is 0.444. The Morgan fingerprint density at radius 3 is 2.26 bits per heavy atom. The summed E-state index contributed by atoms with van der Waals surface area (Å²) in [5.41, 5.74) is 8.56. The zero-order valence-electron chi connectivity index (χ0n) is 17.9. The van der Waals surface area contributed by atoms with Crippen LogP contribution in [-0.2, 0) is 0 Å². The van der Waals surface area contributed by atoms with Crippen molar-refractivity contribution >= 4 is 22.2 Å². The molecule has 0 spiro atoms. The van der Waals surface area contributed by atoms with Gasteiger partial charge in [-0.25, -0.2) is 0 Å². The van der Waals surface area contributed by atoms with Crippen molar-refractivity contribution in [2.45, 2.75) is 48.0 Å². The van der Waals surface area contributed by atoms with Gasteiger partial charge in [-0.2, -0.15) is 0 Å². The van der Waals surface area contributed by atoms with E-state index in [0.29, 0.717) is 5.92 Å². The van der Waals surface area contributed by atoms with Crippen molar-refractivity contribution in [2.24, 2.45) is 5.92 Å². The smallest absolute Gasteiger partial charge is 0.0145 e. The van der Waals surface area contributed by atoms with Crippen LogP contribution in [0, 0.1) is 12.8 Å². The van der Waals surface area contributed by atoms with Crippen LogP contribution in [0.3, 0.4) is 0 Å². The first-order chi connectivity index (χ1) is 12.7. The molecular formula is C26H34S. The maximum atomic E-state index is 4.24. The van der Waals surface area contributed by atoms with E-state index in [1.54, 1.807) is 11.8 Å². The van der Waals surface area contributed by atoms with Crippen LogP contribution >= 0.6 is 11.8 Å². The molecule has 1 aromatic rings. The van der Waals surface area contributed by atoms with Crippen molar-refractivity contribution in [2.75, 3.05) is 0 Å². The summed E-state index contributed by atoms with van der Waals surface area (Å²) in [6.07, 6.45) is 7.64. The van der Waals surface area contributed by atoms with Gasteiger partial charge < -0.3 is 0 Å². The Labute approximate surface area is 171 Å². The summed E-state index contributed by atoms with van der Waals surface area (Å²) in [6.45, 7) is 24.9. The monoisotopic (exact) mass is 378 g/mol. The molecule has 1 aromatic carbocycles. The van der Waals surface area contributed by atoms with Crippen LogP contribution in [-0.4, -0.2) is 0 Å². The Morgan fingerprint density at radius 2 is 1.81 bits per heavy atom. The second kappa shape index (κ2) is 11.0. The molecule has 0 saturated carbocycles. The molecule has 0 fully saturated rings. The average molecular weight is 379 g/mol. The molecule has 0 radical (unpaired) electrons. The molecular weight excluding hydrogens is 344 g/mol. The number of rotatable bonds is 9. The number of hydrogen-bond acceptors (Lipinski definition) is 1. The van der Waals surface area contributed by atoms with Gasteiger partial charge in [-0.15, -0.1) is 6.58 Å². The summed E-state index contributed by atoms with van der Waals surface area (Å²) in [7, 11) is 0. The lowest BCUT2D eigenvalue weighted by Gasteiger charge is -2.18. The maximum Gasteiger partial charge on any atom is 0.0145 e. The number of aryl methyl sites for hydroxylation is 1. The molecule has 1 unspecified atom stereocenters. The van der Waals surface area contributed by atoms with Gasteiger partial charge in [0.05, 0.1) is 0 Å². The van der Waals surface area contributed by atoms with E-state index in [0.717, 1.165) is 12.0 Å². The molecule has 0 aliphatic carbocycles. The highest BCUT2D eigenvalue weighted by molar-refractivity contribution is 8.10. The third-order valence-electron chi connectivity index (χ3n) is 4.60. The molecule has 27 heavy (non-hydrogen) atoms. The highest BCUT2D eigenvalue weighted by atomic mass is 32.2. The van der Waals surface area contributed by atoms with E-state index < -0.39 is 0 Å². The summed E-state index contributed by atoms with van der Waals surface area (Å²) < 4.78 is 0. The first-order valence-electron chi connectivity index (χ1n) is 9.48. The van der Waals surface area contributed by atoms with Crippen molar-refractivity contribution in [3.05, 3.63) is 95.0 Å². The van der Waals surface area contributed by atoms with Gasteiger partial charge in [-0.1, -0.05) is 79.4 Å². The predicted octanol–water partition coefficient (Wildman–Crippen LogP) is 8.74. The van der Waals surface area contributed by atoms with E-state index in [4.69, 9.17) is 0 Å². The van der Waals surface area contributed by atoms with Crippen LogP contribution in [0.25, 0.3) is 10.5 Å². The van der Waals surface area contributed by atoms with Gasteiger partial charge >= 0.3 is 0 Å². The van der Waals surface area contributed by atoms with E-state index in [-0.39, 0.29) is 0 Å². The molecule has 0 aromatic heterocycles. The molecule has 0 amide bonds. The van der Waals surface area contributed by atoms with Gasteiger partial charge in [0, 0.05) is 4.91 Å². The van der Waals surface area contributed by atoms with Crippen molar-refractivity contribution in [3.63, 3.8) is 0 Å². The van der Waals surface area contributed by atoms with Crippen molar-refractivity contribution in [3.8, 4) is 0 Å². The van der Waals surface area contributed by atoms with Crippen LogP contribution in [0.4, 0.5) is 0 Å². The zero-order chi connectivity index (χ0) is 20.6. The maximum absolute atomic E-state index is 4.24. The molecule has 1 heteroatoms. The predicted molar refractivity (Wildman–Crippen MR) is 128 cm³/mol. The van der Waals surface area contributed by atoms with Crippen LogP contribution in [0.1, 0.15) is 57.7 Å². The van der Waals surface area contributed by atoms with Gasteiger partial charge in [0.2, 0.25) is 0 Å². The molecule has 144 valence electrons. The minimum atomic E-state index is 0.444. The molecule has 0 bridgehead atoms. The number of thioether (sulfide) groups is 1. The van der Waals surface area contributed by atoms with E-state index in [2.05, 4.69) is 97.7 Å². The minimum Gasteiger partial charge on any atom is -0.100 e. The molecule has 0 aliphatic heterocycles. The van der Waals surface area contributed by atoms with Crippen LogP contribution < -0.4 is 0 Å². The molecule has 0 N–H and O–H groups in total. The fraction of sp³-hybridized carbons (Fsp3) is 0.308. The van der Waals surface area contributed by atoms with Gasteiger partial charge in [-0.05, 0) is 80.2 Å². The van der Waals surface area contributed by atoms with E-state index in [1.807, 2.05) is 5.41 Å². The quantitative estimate of drug-likeness (QED) is 0.306. The summed E-state index contributed by atoms with van der Waals surface area (Å²) in [5, 5.41) is 1.87. The second-order valence-electron chi connectivity index (χ2n) is 7.16. The zero-order valence-corrected chi connectivity index (χ0v) is 18.7. The Morgan fingerprint density at radius 1 is 1.15 bits per heavy atom. The van der Waals surface area contributed by atoms with Crippen LogP contribution in [0.15, 0.2) is 78.3 Å². The van der Waals surface area contributed by atoms with Crippen LogP contribution in [0.5, 0.6) is 0 Å². The summed E-state index contributed by atoms with van der Waals surface area (Å²) in [5.74, 6) is 0.444. The molecule has 0 aliphatic rings. The second-order valence-corrected chi connectivity index (χ2v) is 8.17. The fourth-order valence-electron chi connectivity index (χ4n) is 3.26. The SMILES string of the molecule is C=CS/C(=C\C)c1ccc(/C(=C/C(=C/C)C(C)CC(=C)C)C(=C)C)c(C)c1. The number of hydrogen-bond donors (Lipinski definition) is 0. The van der Waals surface area contributed by atoms with Gasteiger partial charge in [0.25, 0.3) is 0 Å². The molecule has 1 rings (SSSR count). The standard InChI is InChI=1S/C26H34S/c1-10-22(20(8)15-18(4)5)17-25(19(6)7)24-14-13-23(16-21(24)9)26(11-2)27-12-3/h10-14,16-17,20H,3-4,6,15H2,1-2,5,7-9H3/b22-10-,25-17+,26-11-. The topological polar surface area (TPSA) is 0 Å². The number of allylic oxidation sites excluding steroid dienone is 7. The third kappa shape index (κ3) is 6.59. The molecule has 0 saturated heterocycles. The number of benzene rings is 1.